The van der Waals surface area contributed by atoms with Crippen LogP contribution in [0.3, 0.4) is 0 Å². The van der Waals surface area contributed by atoms with Crippen molar-refractivity contribution >= 4 is 5.91 Å². The summed E-state index contributed by atoms with van der Waals surface area (Å²) in [7, 11) is 0. The Kier molecular flexibility index (Phi) is 5.66. The van der Waals surface area contributed by atoms with Crippen molar-refractivity contribution in [2.45, 2.75) is 39.8 Å². The van der Waals surface area contributed by atoms with Crippen LogP contribution in [-0.2, 0) is 11.3 Å². The largest absolute Gasteiger partial charge is 0.490 e. The molecule has 0 saturated carbocycles. The number of carbonyl (C=O) groups excluding carboxylic acids is 1. The fraction of sp³-hybridized carbons (Fsp3) is 0.588. The number of hydrogen-bond acceptors (Lipinski definition) is 4. The lowest BCUT2D eigenvalue weighted by Gasteiger charge is -2.26. The highest BCUT2D eigenvalue weighted by molar-refractivity contribution is 5.81. The van der Waals surface area contributed by atoms with Crippen molar-refractivity contribution in [2.75, 3.05) is 19.8 Å². The fourth-order valence-electron chi connectivity index (χ4n) is 2.49. The maximum absolute atomic E-state index is 12.3. The molecule has 2 rings (SSSR count). The van der Waals surface area contributed by atoms with Gasteiger partial charge in [0.15, 0.2) is 11.5 Å². The van der Waals surface area contributed by atoms with E-state index in [0.717, 1.165) is 23.5 Å². The van der Waals surface area contributed by atoms with Crippen LogP contribution in [0.1, 0.15) is 32.8 Å². The fourth-order valence-corrected chi connectivity index (χ4v) is 2.49. The van der Waals surface area contributed by atoms with Crippen LogP contribution in [0.2, 0.25) is 0 Å². The molecular weight excluding hydrogens is 280 g/mol. The molecule has 1 amide bonds. The van der Waals surface area contributed by atoms with E-state index in [0.29, 0.717) is 32.2 Å². The minimum atomic E-state index is -0.487. The second-order valence-corrected chi connectivity index (χ2v) is 6.23. The van der Waals surface area contributed by atoms with E-state index >= 15 is 0 Å². The highest BCUT2D eigenvalue weighted by Gasteiger charge is 2.20. The minimum absolute atomic E-state index is 0.0270. The van der Waals surface area contributed by atoms with Crippen molar-refractivity contribution in [3.63, 3.8) is 0 Å². The van der Waals surface area contributed by atoms with Gasteiger partial charge in [0.05, 0.1) is 19.3 Å². The van der Waals surface area contributed by atoms with E-state index in [1.54, 1.807) is 6.92 Å². The number of ether oxygens (including phenoxy) is 2. The Hall–Kier alpha value is -1.75. The SMILES string of the molecule is CC(C)CN(Cc1ccc2c(c1)OCCCO2)C(=O)C(C)N. The summed E-state index contributed by atoms with van der Waals surface area (Å²) >= 11 is 0. The van der Waals surface area contributed by atoms with Crippen LogP contribution in [0.25, 0.3) is 0 Å². The van der Waals surface area contributed by atoms with Gasteiger partial charge in [0.1, 0.15) is 0 Å². The third-order valence-corrected chi connectivity index (χ3v) is 3.47. The highest BCUT2D eigenvalue weighted by atomic mass is 16.5. The smallest absolute Gasteiger partial charge is 0.239 e. The maximum atomic E-state index is 12.3. The van der Waals surface area contributed by atoms with E-state index in [9.17, 15) is 4.79 Å². The first-order valence-electron chi connectivity index (χ1n) is 7.90. The Morgan fingerprint density at radius 3 is 2.55 bits per heavy atom. The topological polar surface area (TPSA) is 64.8 Å². The number of nitrogens with two attached hydrogens (primary N) is 1. The summed E-state index contributed by atoms with van der Waals surface area (Å²) in [6.45, 7) is 8.47. The first-order valence-corrected chi connectivity index (χ1v) is 7.90. The Morgan fingerprint density at radius 2 is 1.91 bits per heavy atom. The van der Waals surface area contributed by atoms with Crippen LogP contribution in [0, 0.1) is 5.92 Å². The molecule has 0 spiro atoms. The predicted octanol–water partition coefficient (Wildman–Crippen LogP) is 2.18. The standard InChI is InChI=1S/C17H26N2O3/c1-12(2)10-19(17(20)13(3)18)11-14-5-6-15-16(9-14)22-8-4-7-21-15/h5-6,9,12-13H,4,7-8,10-11,18H2,1-3H3. The first-order chi connectivity index (χ1) is 10.5. The summed E-state index contributed by atoms with van der Waals surface area (Å²) in [5.41, 5.74) is 6.79. The second-order valence-electron chi connectivity index (χ2n) is 6.23. The van der Waals surface area contributed by atoms with Gasteiger partial charge in [0, 0.05) is 19.5 Å². The Bertz CT molecular complexity index is 515. The normalized spacial score (nSPS) is 15.3. The zero-order chi connectivity index (χ0) is 16.1. The quantitative estimate of drug-likeness (QED) is 0.905. The summed E-state index contributed by atoms with van der Waals surface area (Å²) in [6.07, 6.45) is 0.882. The van der Waals surface area contributed by atoms with Crippen LogP contribution < -0.4 is 15.2 Å². The molecule has 1 atom stereocenters. The second kappa shape index (κ2) is 7.49. The Labute approximate surface area is 132 Å². The lowest BCUT2D eigenvalue weighted by molar-refractivity contribution is -0.133. The van der Waals surface area contributed by atoms with E-state index in [4.69, 9.17) is 15.2 Å². The lowest BCUT2D eigenvalue weighted by atomic mass is 10.1. The van der Waals surface area contributed by atoms with E-state index in [1.165, 1.54) is 0 Å². The number of amides is 1. The van der Waals surface area contributed by atoms with E-state index in [-0.39, 0.29) is 5.91 Å². The molecule has 2 N–H and O–H groups in total. The van der Waals surface area contributed by atoms with Gasteiger partial charge in [-0.15, -0.1) is 0 Å². The van der Waals surface area contributed by atoms with Crippen molar-refractivity contribution in [1.82, 2.24) is 4.90 Å². The molecule has 0 fully saturated rings. The predicted molar refractivity (Wildman–Crippen MR) is 86.0 cm³/mol. The summed E-state index contributed by atoms with van der Waals surface area (Å²) in [6, 6.07) is 5.37. The number of hydrogen-bond donors (Lipinski definition) is 1. The molecule has 1 heterocycles. The number of benzene rings is 1. The molecule has 1 aromatic carbocycles. The van der Waals surface area contributed by atoms with Gasteiger partial charge in [-0.25, -0.2) is 0 Å². The first kappa shape index (κ1) is 16.6. The monoisotopic (exact) mass is 306 g/mol. The van der Waals surface area contributed by atoms with Crippen molar-refractivity contribution in [3.05, 3.63) is 23.8 Å². The number of nitrogens with zero attached hydrogens (tertiary/aromatic N) is 1. The van der Waals surface area contributed by atoms with Gasteiger partial charge in [-0.1, -0.05) is 19.9 Å². The lowest BCUT2D eigenvalue weighted by Crippen LogP contribution is -2.43. The van der Waals surface area contributed by atoms with Crippen LogP contribution >= 0.6 is 0 Å². The molecular formula is C17H26N2O3. The van der Waals surface area contributed by atoms with Crippen LogP contribution in [0.5, 0.6) is 11.5 Å². The Balaban J connectivity index is 2.15. The highest BCUT2D eigenvalue weighted by Crippen LogP contribution is 2.30. The van der Waals surface area contributed by atoms with Crippen molar-refractivity contribution in [1.29, 1.82) is 0 Å². The average molecular weight is 306 g/mol. The molecule has 0 radical (unpaired) electrons. The molecule has 0 bridgehead atoms. The number of carbonyl (C=O) groups is 1. The number of fused-ring (bicyclic) bond motifs is 1. The minimum Gasteiger partial charge on any atom is -0.490 e. The third-order valence-electron chi connectivity index (χ3n) is 3.47. The van der Waals surface area contributed by atoms with E-state index in [1.807, 2.05) is 23.1 Å². The molecule has 1 aliphatic rings. The summed E-state index contributed by atoms with van der Waals surface area (Å²) in [5.74, 6) is 1.90. The summed E-state index contributed by atoms with van der Waals surface area (Å²) in [4.78, 5) is 14.1. The van der Waals surface area contributed by atoms with Gasteiger partial charge < -0.3 is 20.1 Å². The molecule has 0 aliphatic carbocycles. The zero-order valence-corrected chi connectivity index (χ0v) is 13.7. The summed E-state index contributed by atoms with van der Waals surface area (Å²) < 4.78 is 11.3. The molecule has 1 aromatic rings. The molecule has 5 heteroatoms. The van der Waals surface area contributed by atoms with Gasteiger partial charge in [-0.3, -0.25) is 4.79 Å². The molecule has 22 heavy (non-hydrogen) atoms. The van der Waals surface area contributed by atoms with Crippen molar-refractivity contribution < 1.29 is 14.3 Å². The van der Waals surface area contributed by atoms with Crippen LogP contribution in [0.15, 0.2) is 18.2 Å². The van der Waals surface area contributed by atoms with Crippen LogP contribution in [-0.4, -0.2) is 36.6 Å². The van der Waals surface area contributed by atoms with E-state index in [2.05, 4.69) is 13.8 Å². The van der Waals surface area contributed by atoms with Crippen molar-refractivity contribution in [3.8, 4) is 11.5 Å². The van der Waals surface area contributed by atoms with Gasteiger partial charge in [-0.2, -0.15) is 0 Å². The molecule has 5 nitrogen and oxygen atoms in total. The molecule has 0 saturated heterocycles. The number of rotatable bonds is 5. The van der Waals surface area contributed by atoms with E-state index < -0.39 is 6.04 Å². The molecule has 1 aliphatic heterocycles. The summed E-state index contributed by atoms with van der Waals surface area (Å²) in [5, 5.41) is 0. The zero-order valence-electron chi connectivity index (χ0n) is 13.7. The van der Waals surface area contributed by atoms with Gasteiger partial charge in [0.2, 0.25) is 5.91 Å². The van der Waals surface area contributed by atoms with Gasteiger partial charge >= 0.3 is 0 Å². The van der Waals surface area contributed by atoms with Crippen LogP contribution in [0.4, 0.5) is 0 Å². The van der Waals surface area contributed by atoms with Gasteiger partial charge in [-0.05, 0) is 30.5 Å². The van der Waals surface area contributed by atoms with Crippen molar-refractivity contribution in [2.24, 2.45) is 11.7 Å². The maximum Gasteiger partial charge on any atom is 0.239 e. The molecule has 0 aromatic heterocycles. The third kappa shape index (κ3) is 4.37. The molecule has 122 valence electrons. The molecule has 1 unspecified atom stereocenters. The van der Waals surface area contributed by atoms with Gasteiger partial charge in [0.25, 0.3) is 0 Å². The average Bonchev–Trinajstić information content (AvgIpc) is 2.70. The Morgan fingerprint density at radius 1 is 1.23 bits per heavy atom.